The third kappa shape index (κ3) is 4.57. The maximum atomic E-state index is 14.9. The first-order valence-electron chi connectivity index (χ1n) is 9.85. The van der Waals surface area contributed by atoms with Crippen molar-refractivity contribution in [2.75, 3.05) is 24.6 Å². The fourth-order valence-electron chi connectivity index (χ4n) is 3.23. The highest BCUT2D eigenvalue weighted by Crippen LogP contribution is 2.30. The number of benzene rings is 1. The maximum absolute atomic E-state index is 14.9. The van der Waals surface area contributed by atoms with Crippen molar-refractivity contribution in [3.8, 4) is 22.7 Å². The second kappa shape index (κ2) is 9.10. The summed E-state index contributed by atoms with van der Waals surface area (Å²) in [5, 5.41) is 7.66. The van der Waals surface area contributed by atoms with Crippen LogP contribution in [-0.2, 0) is 14.3 Å². The molecule has 10 nitrogen and oxygen atoms in total. The van der Waals surface area contributed by atoms with Gasteiger partial charge in [-0.05, 0) is 24.3 Å². The number of nitrogens with zero attached hydrogens (tertiary/aromatic N) is 4. The topological polar surface area (TPSA) is 134 Å². The van der Waals surface area contributed by atoms with Gasteiger partial charge in [-0.2, -0.15) is 0 Å². The molecule has 2 aromatic heterocycles. The van der Waals surface area contributed by atoms with Crippen LogP contribution in [0.5, 0.6) is 0 Å². The van der Waals surface area contributed by atoms with Crippen molar-refractivity contribution >= 4 is 17.7 Å². The molecule has 1 aromatic carbocycles. The summed E-state index contributed by atoms with van der Waals surface area (Å²) in [5.74, 6) is -0.339. The normalized spacial score (nSPS) is 15.7. The second-order valence-electron chi connectivity index (χ2n) is 7.05. The zero-order valence-electron chi connectivity index (χ0n) is 17.2. The molecule has 3 heterocycles. The van der Waals surface area contributed by atoms with Gasteiger partial charge in [0.2, 0.25) is 5.89 Å². The molecule has 166 valence electrons. The van der Waals surface area contributed by atoms with Gasteiger partial charge in [0.05, 0.1) is 25.4 Å². The van der Waals surface area contributed by atoms with E-state index in [0.717, 1.165) is 0 Å². The van der Waals surface area contributed by atoms with Gasteiger partial charge in [-0.15, -0.1) is 10.2 Å². The smallest absolute Gasteiger partial charge is 0.414 e. The number of hydrogen-bond acceptors (Lipinski definition) is 9. The van der Waals surface area contributed by atoms with Crippen LogP contribution >= 0.6 is 0 Å². The number of halogens is 1. The van der Waals surface area contributed by atoms with Crippen molar-refractivity contribution < 1.29 is 27.9 Å². The molecule has 1 amide bonds. The molecule has 4 rings (SSSR count). The summed E-state index contributed by atoms with van der Waals surface area (Å²) in [5.41, 5.74) is 6.90. The Morgan fingerprint density at radius 1 is 1.31 bits per heavy atom. The van der Waals surface area contributed by atoms with Crippen LogP contribution in [-0.4, -0.2) is 53.0 Å². The number of esters is 1. The van der Waals surface area contributed by atoms with Gasteiger partial charge in [-0.25, -0.2) is 9.18 Å². The van der Waals surface area contributed by atoms with Gasteiger partial charge in [0.25, 0.3) is 5.89 Å². The minimum atomic E-state index is -0.590. The fraction of sp³-hybridized carbons (Fsp3) is 0.286. The molecule has 0 spiro atoms. The van der Waals surface area contributed by atoms with Crippen LogP contribution in [0.15, 0.2) is 40.9 Å². The van der Waals surface area contributed by atoms with Crippen molar-refractivity contribution in [2.45, 2.75) is 19.4 Å². The lowest BCUT2D eigenvalue weighted by Gasteiger charge is -2.14. The van der Waals surface area contributed by atoms with Crippen LogP contribution in [0.2, 0.25) is 0 Å². The van der Waals surface area contributed by atoms with Gasteiger partial charge in [0, 0.05) is 30.7 Å². The third-order valence-electron chi connectivity index (χ3n) is 4.83. The third-order valence-corrected chi connectivity index (χ3v) is 4.83. The van der Waals surface area contributed by atoms with Crippen molar-refractivity contribution in [3.63, 3.8) is 0 Å². The van der Waals surface area contributed by atoms with Crippen LogP contribution in [0, 0.1) is 12.7 Å². The number of ether oxygens (including phenoxy) is 2. The lowest BCUT2D eigenvalue weighted by molar-refractivity contribution is -0.142. The van der Waals surface area contributed by atoms with Crippen molar-refractivity contribution in [3.05, 3.63) is 48.2 Å². The van der Waals surface area contributed by atoms with E-state index in [1.165, 1.54) is 17.2 Å². The van der Waals surface area contributed by atoms with Crippen LogP contribution < -0.4 is 10.6 Å². The molecule has 0 unspecified atom stereocenters. The molecule has 32 heavy (non-hydrogen) atoms. The van der Waals surface area contributed by atoms with Crippen molar-refractivity contribution in [1.29, 1.82) is 0 Å². The van der Waals surface area contributed by atoms with E-state index in [0.29, 0.717) is 34.8 Å². The van der Waals surface area contributed by atoms with Gasteiger partial charge in [0.1, 0.15) is 17.6 Å². The molecule has 1 atom stereocenters. The van der Waals surface area contributed by atoms with E-state index >= 15 is 0 Å². The first-order chi connectivity index (χ1) is 15.4. The van der Waals surface area contributed by atoms with Gasteiger partial charge >= 0.3 is 12.1 Å². The first kappa shape index (κ1) is 21.4. The summed E-state index contributed by atoms with van der Waals surface area (Å²) in [7, 11) is 0. The molecule has 3 aromatic rings. The summed E-state index contributed by atoms with van der Waals surface area (Å²) in [6.45, 7) is 1.77. The zero-order chi connectivity index (χ0) is 22.7. The molecular weight excluding hydrogens is 421 g/mol. The highest BCUT2D eigenvalue weighted by molar-refractivity contribution is 5.90. The number of carbonyl (C=O) groups is 2. The average molecular weight is 441 g/mol. The number of anilines is 1. The van der Waals surface area contributed by atoms with Crippen molar-refractivity contribution in [2.24, 2.45) is 5.73 Å². The van der Waals surface area contributed by atoms with Crippen LogP contribution in [0.3, 0.4) is 0 Å². The highest BCUT2D eigenvalue weighted by atomic mass is 19.1. The van der Waals surface area contributed by atoms with Crippen LogP contribution in [0.25, 0.3) is 22.7 Å². The van der Waals surface area contributed by atoms with E-state index in [1.807, 2.05) is 0 Å². The predicted molar refractivity (Wildman–Crippen MR) is 110 cm³/mol. The minimum Gasteiger partial charge on any atom is -0.465 e. The molecular formula is C21H20FN5O5. The van der Waals surface area contributed by atoms with E-state index in [1.54, 1.807) is 31.2 Å². The Balaban J connectivity index is 1.44. The standard InChI is InChI=1S/C21H20FN5O5/c1-12-25-26-20(31-12)18-5-2-13(10-24-18)16-4-3-14(8-17(16)22)27-11-15(32-21(27)29)6-7-30-19(28)9-23/h2-5,8,10,15H,6-7,9,11,23H2,1H3/t15-/m1/s1. The average Bonchev–Trinajstić information content (AvgIpc) is 3.39. The van der Waals surface area contributed by atoms with Gasteiger partial charge in [0.15, 0.2) is 0 Å². The molecule has 0 aliphatic carbocycles. The number of aryl methyl sites for hydroxylation is 1. The summed E-state index contributed by atoms with van der Waals surface area (Å²) in [6.07, 6.45) is 0.774. The van der Waals surface area contributed by atoms with E-state index in [-0.39, 0.29) is 25.6 Å². The molecule has 1 saturated heterocycles. The van der Waals surface area contributed by atoms with Crippen LogP contribution in [0.4, 0.5) is 14.9 Å². The molecule has 1 aliphatic heterocycles. The lowest BCUT2D eigenvalue weighted by Crippen LogP contribution is -2.25. The summed E-state index contributed by atoms with van der Waals surface area (Å²) < 4.78 is 30.4. The first-order valence-corrected chi connectivity index (χ1v) is 9.85. The summed E-state index contributed by atoms with van der Waals surface area (Å²) >= 11 is 0. The maximum Gasteiger partial charge on any atom is 0.414 e. The Labute approximate surface area is 182 Å². The predicted octanol–water partition coefficient (Wildman–Crippen LogP) is 2.46. The number of amides is 1. The summed E-state index contributed by atoms with van der Waals surface area (Å²) in [6, 6.07) is 7.83. The number of carbonyl (C=O) groups excluding carboxylic acids is 2. The Morgan fingerprint density at radius 2 is 2.16 bits per heavy atom. The molecule has 11 heteroatoms. The fourth-order valence-corrected chi connectivity index (χ4v) is 3.23. The van der Waals surface area contributed by atoms with E-state index < -0.39 is 24.0 Å². The minimum absolute atomic E-state index is 0.0846. The Kier molecular flexibility index (Phi) is 6.08. The molecule has 1 fully saturated rings. The SMILES string of the molecule is Cc1nnc(-c2ccc(-c3ccc(N4C[C@@H](CCOC(=O)CN)OC4=O)cc3F)cn2)o1. The Bertz CT molecular complexity index is 1130. The van der Waals surface area contributed by atoms with Crippen molar-refractivity contribution in [1.82, 2.24) is 15.2 Å². The zero-order valence-corrected chi connectivity index (χ0v) is 17.2. The van der Waals surface area contributed by atoms with E-state index in [4.69, 9.17) is 19.6 Å². The number of hydrogen-bond donors (Lipinski definition) is 1. The number of cyclic esters (lactones) is 1. The quantitative estimate of drug-likeness (QED) is 0.549. The number of aromatic nitrogens is 3. The monoisotopic (exact) mass is 441 g/mol. The number of rotatable bonds is 7. The Hall–Kier alpha value is -3.86. The van der Waals surface area contributed by atoms with Gasteiger partial charge in [-0.3, -0.25) is 14.7 Å². The molecule has 1 aliphatic rings. The van der Waals surface area contributed by atoms with E-state index in [9.17, 15) is 14.0 Å². The largest absolute Gasteiger partial charge is 0.465 e. The van der Waals surface area contributed by atoms with E-state index in [2.05, 4.69) is 15.2 Å². The molecule has 0 saturated carbocycles. The second-order valence-corrected chi connectivity index (χ2v) is 7.05. The van der Waals surface area contributed by atoms with Gasteiger partial charge < -0.3 is 19.6 Å². The highest BCUT2D eigenvalue weighted by Gasteiger charge is 2.32. The molecule has 2 N–H and O–H groups in total. The molecule has 0 radical (unpaired) electrons. The summed E-state index contributed by atoms with van der Waals surface area (Å²) in [4.78, 5) is 28.9. The van der Waals surface area contributed by atoms with Gasteiger partial charge in [-0.1, -0.05) is 6.07 Å². The lowest BCUT2D eigenvalue weighted by atomic mass is 10.1. The molecule has 0 bridgehead atoms. The van der Waals surface area contributed by atoms with Crippen LogP contribution in [0.1, 0.15) is 12.3 Å². The number of pyridine rings is 1. The Morgan fingerprint density at radius 3 is 2.81 bits per heavy atom. The number of nitrogens with two attached hydrogens (primary N) is 1.